The van der Waals surface area contributed by atoms with Crippen LogP contribution < -0.4 is 15.6 Å². The molecular formula is C11H8O4. The molecule has 0 atom stereocenters. The van der Waals surface area contributed by atoms with Crippen LogP contribution in [-0.4, -0.2) is 12.2 Å². The Morgan fingerprint density at radius 2 is 1.67 bits per heavy atom. The molecule has 0 spiro atoms. The molecule has 2 aromatic rings. The number of benzene rings is 1. The molecule has 15 heavy (non-hydrogen) atoms. The van der Waals surface area contributed by atoms with E-state index in [9.17, 15) is 14.7 Å². The number of hydrogen-bond acceptors (Lipinski definition) is 4. The predicted octanol–water partition coefficient (Wildman–Crippen LogP) is 0.664. The van der Waals surface area contributed by atoms with Gasteiger partial charge in [0.1, 0.15) is 5.75 Å². The van der Waals surface area contributed by atoms with Gasteiger partial charge in [0, 0.05) is 0 Å². The minimum absolute atomic E-state index is 0.0858. The summed E-state index contributed by atoms with van der Waals surface area (Å²) in [6, 6.07) is 6.56. The molecule has 0 aliphatic rings. The first-order valence-corrected chi connectivity index (χ1v) is 4.32. The third-order valence-electron chi connectivity index (χ3n) is 2.26. The van der Waals surface area contributed by atoms with Crippen LogP contribution in [-0.2, 0) is 0 Å². The van der Waals surface area contributed by atoms with Crippen LogP contribution >= 0.6 is 0 Å². The van der Waals surface area contributed by atoms with E-state index in [1.165, 1.54) is 7.11 Å². The fourth-order valence-corrected chi connectivity index (χ4v) is 1.41. The van der Waals surface area contributed by atoms with Crippen LogP contribution in [0.3, 0.4) is 0 Å². The van der Waals surface area contributed by atoms with Gasteiger partial charge in [-0.05, 0) is 17.7 Å². The zero-order chi connectivity index (χ0) is 11.0. The third kappa shape index (κ3) is 1.30. The average molecular weight is 204 g/mol. The number of aromatic hydroxyl groups is 1. The van der Waals surface area contributed by atoms with Gasteiger partial charge in [0.05, 0.1) is 12.7 Å². The molecule has 4 heteroatoms. The molecule has 2 aromatic carbocycles. The van der Waals surface area contributed by atoms with E-state index in [-0.39, 0.29) is 5.56 Å². The normalized spacial score (nSPS) is 10.5. The third-order valence-corrected chi connectivity index (χ3v) is 2.26. The van der Waals surface area contributed by atoms with Gasteiger partial charge in [0.25, 0.3) is 5.43 Å². The Hall–Kier alpha value is -2.10. The second-order valence-electron chi connectivity index (χ2n) is 3.11. The molecular weight excluding hydrogens is 196 g/mol. The van der Waals surface area contributed by atoms with E-state index in [0.717, 1.165) is 0 Å². The molecule has 0 saturated heterocycles. The fourth-order valence-electron chi connectivity index (χ4n) is 1.41. The van der Waals surface area contributed by atoms with Gasteiger partial charge in [-0.25, -0.2) is 0 Å². The number of ether oxygens (including phenoxy) is 1. The molecule has 2 rings (SSSR count). The molecule has 0 aliphatic carbocycles. The second-order valence-corrected chi connectivity index (χ2v) is 3.11. The highest BCUT2D eigenvalue weighted by Gasteiger charge is 2.21. The summed E-state index contributed by atoms with van der Waals surface area (Å²) in [5.74, 6) is 0.196. The smallest absolute Gasteiger partial charge is 0.268 e. The zero-order valence-electron chi connectivity index (χ0n) is 7.98. The number of methoxy groups -OCH3 is 1. The predicted molar refractivity (Wildman–Crippen MR) is 55.0 cm³/mol. The van der Waals surface area contributed by atoms with Crippen molar-refractivity contribution >= 4 is 0 Å². The molecule has 0 heterocycles. The summed E-state index contributed by atoms with van der Waals surface area (Å²) in [5, 5.41) is 9.20. The summed E-state index contributed by atoms with van der Waals surface area (Å²) in [6.07, 6.45) is 0. The van der Waals surface area contributed by atoms with E-state index in [0.29, 0.717) is 11.3 Å². The lowest BCUT2D eigenvalue weighted by atomic mass is 10.0. The molecule has 0 aliphatic heterocycles. The minimum atomic E-state index is -0.819. The van der Waals surface area contributed by atoms with Crippen molar-refractivity contribution in [3.05, 3.63) is 44.7 Å². The van der Waals surface area contributed by atoms with Gasteiger partial charge < -0.3 is 9.84 Å². The summed E-state index contributed by atoms with van der Waals surface area (Å²) in [7, 11) is 1.53. The lowest BCUT2D eigenvalue weighted by Crippen LogP contribution is -2.31. The minimum Gasteiger partial charge on any atom is -0.503 e. The second kappa shape index (κ2) is 3.24. The molecule has 1 N–H and O–H groups in total. The lowest BCUT2D eigenvalue weighted by Gasteiger charge is -2.06. The standard InChI is InChI=1S/C11H8O4/c1-15-7-4-2-6(3-5-7)8-9(12)11(14)10(8)13/h2-5,12H,1H3. The quantitative estimate of drug-likeness (QED) is 0.730. The maximum atomic E-state index is 11.1. The fraction of sp³-hybridized carbons (Fsp3) is 0.0909. The highest BCUT2D eigenvalue weighted by molar-refractivity contribution is 5.73. The molecule has 4 nitrogen and oxygen atoms in total. The lowest BCUT2D eigenvalue weighted by molar-refractivity contribution is 0.415. The van der Waals surface area contributed by atoms with Crippen molar-refractivity contribution in [2.24, 2.45) is 0 Å². The van der Waals surface area contributed by atoms with E-state index in [2.05, 4.69) is 0 Å². The van der Waals surface area contributed by atoms with Gasteiger partial charge in [-0.15, -0.1) is 0 Å². The summed E-state index contributed by atoms with van der Waals surface area (Å²) in [6.45, 7) is 0. The monoisotopic (exact) mass is 204 g/mol. The van der Waals surface area contributed by atoms with Crippen LogP contribution in [0.25, 0.3) is 11.1 Å². The maximum absolute atomic E-state index is 11.1. The molecule has 76 valence electrons. The molecule has 0 saturated carbocycles. The van der Waals surface area contributed by atoms with Gasteiger partial charge in [-0.3, -0.25) is 9.59 Å². The largest absolute Gasteiger partial charge is 0.503 e. The molecule has 0 bridgehead atoms. The van der Waals surface area contributed by atoms with Crippen molar-refractivity contribution in [2.75, 3.05) is 7.11 Å². The van der Waals surface area contributed by atoms with Gasteiger partial charge in [-0.1, -0.05) is 12.1 Å². The number of rotatable bonds is 2. The van der Waals surface area contributed by atoms with Crippen molar-refractivity contribution in [3.63, 3.8) is 0 Å². The van der Waals surface area contributed by atoms with Gasteiger partial charge in [0.15, 0.2) is 5.75 Å². The Labute approximate surface area is 85.1 Å². The Kier molecular flexibility index (Phi) is 2.04. The highest BCUT2D eigenvalue weighted by Crippen LogP contribution is 2.25. The van der Waals surface area contributed by atoms with Crippen LogP contribution in [0.2, 0.25) is 0 Å². The first kappa shape index (κ1) is 9.45. The van der Waals surface area contributed by atoms with Gasteiger partial charge in [0.2, 0.25) is 5.43 Å². The Morgan fingerprint density at radius 1 is 1.07 bits per heavy atom. The van der Waals surface area contributed by atoms with Crippen LogP contribution in [0, 0.1) is 0 Å². The van der Waals surface area contributed by atoms with Crippen molar-refractivity contribution in [3.8, 4) is 22.6 Å². The van der Waals surface area contributed by atoms with Crippen molar-refractivity contribution < 1.29 is 9.84 Å². The Bertz CT molecular complexity index is 559. The van der Waals surface area contributed by atoms with Crippen LogP contribution in [0.15, 0.2) is 33.9 Å². The van der Waals surface area contributed by atoms with E-state index in [1.54, 1.807) is 24.3 Å². The molecule has 0 radical (unpaired) electrons. The topological polar surface area (TPSA) is 63.6 Å². The summed E-state index contributed by atoms with van der Waals surface area (Å²) in [4.78, 5) is 21.9. The van der Waals surface area contributed by atoms with Crippen molar-refractivity contribution in [1.29, 1.82) is 0 Å². The van der Waals surface area contributed by atoms with Crippen molar-refractivity contribution in [1.82, 2.24) is 0 Å². The van der Waals surface area contributed by atoms with Crippen LogP contribution in [0.5, 0.6) is 11.5 Å². The summed E-state index contributed by atoms with van der Waals surface area (Å²) < 4.78 is 4.94. The Balaban J connectivity index is 2.48. The SMILES string of the molecule is COc1ccc(-c2c(O)c(=O)c2=O)cc1. The van der Waals surface area contributed by atoms with Crippen molar-refractivity contribution in [2.45, 2.75) is 0 Å². The number of hydrogen-bond donors (Lipinski definition) is 1. The highest BCUT2D eigenvalue weighted by atomic mass is 16.5. The first-order chi connectivity index (χ1) is 7.15. The Morgan fingerprint density at radius 3 is 2.13 bits per heavy atom. The molecule has 0 fully saturated rings. The molecule has 0 unspecified atom stereocenters. The average Bonchev–Trinajstić information content (AvgIpc) is 2.30. The van der Waals surface area contributed by atoms with Gasteiger partial charge in [-0.2, -0.15) is 0 Å². The van der Waals surface area contributed by atoms with Crippen LogP contribution in [0.4, 0.5) is 0 Å². The van der Waals surface area contributed by atoms with E-state index in [4.69, 9.17) is 4.74 Å². The summed E-state index contributed by atoms with van der Waals surface area (Å²) in [5.41, 5.74) is -0.848. The molecule has 0 amide bonds. The van der Waals surface area contributed by atoms with Gasteiger partial charge >= 0.3 is 0 Å². The summed E-state index contributed by atoms with van der Waals surface area (Å²) >= 11 is 0. The zero-order valence-corrected chi connectivity index (χ0v) is 7.98. The van der Waals surface area contributed by atoms with E-state index < -0.39 is 16.6 Å². The van der Waals surface area contributed by atoms with Crippen LogP contribution in [0.1, 0.15) is 0 Å². The first-order valence-electron chi connectivity index (χ1n) is 4.32. The molecule has 0 aromatic heterocycles. The maximum Gasteiger partial charge on any atom is 0.268 e. The van der Waals surface area contributed by atoms with E-state index in [1.807, 2.05) is 0 Å². The van der Waals surface area contributed by atoms with E-state index >= 15 is 0 Å².